The molecule has 1 aromatic rings. The van der Waals surface area contributed by atoms with Crippen molar-refractivity contribution in [1.29, 1.82) is 1.43 Å². The van der Waals surface area contributed by atoms with E-state index in [1.54, 1.807) is 0 Å². The van der Waals surface area contributed by atoms with E-state index in [1.807, 2.05) is 30.3 Å². The Morgan fingerprint density at radius 1 is 1.56 bits per heavy atom. The van der Waals surface area contributed by atoms with Crippen molar-refractivity contribution in [2.45, 2.75) is 25.2 Å². The molecule has 4 nitrogen and oxygen atoms in total. The number of hydrogen-bond acceptors (Lipinski definition) is 4. The number of rotatable bonds is 4. The molecule has 0 aliphatic carbocycles. The second-order valence-electron chi connectivity index (χ2n) is 3.91. The lowest BCUT2D eigenvalue weighted by Crippen LogP contribution is -2.32. The van der Waals surface area contributed by atoms with Crippen LogP contribution in [0.4, 0.5) is 0 Å². The Bertz CT molecular complexity index is 371. The van der Waals surface area contributed by atoms with E-state index in [2.05, 4.69) is 10.4 Å². The average Bonchev–Trinajstić information content (AvgIpc) is 2.86. The van der Waals surface area contributed by atoms with Crippen LogP contribution in [0.5, 0.6) is 0 Å². The highest BCUT2D eigenvalue weighted by atomic mass is 16.5. The van der Waals surface area contributed by atoms with Crippen molar-refractivity contribution in [3.63, 3.8) is 0 Å². The first-order valence-corrected chi connectivity index (χ1v) is 5.35. The van der Waals surface area contributed by atoms with Crippen molar-refractivity contribution < 1.29 is 14.6 Å². The molecule has 1 saturated heterocycles. The largest absolute Gasteiger partial charge is 0.460 e. The number of benzene rings is 1. The molecule has 0 bridgehead atoms. The third-order valence-corrected chi connectivity index (χ3v) is 2.60. The second kappa shape index (κ2) is 5.09. The molecular weight excluding hydrogens is 206 g/mol. The monoisotopic (exact) mass is 222 g/mol. The van der Waals surface area contributed by atoms with E-state index in [9.17, 15) is 4.79 Å². The van der Waals surface area contributed by atoms with Gasteiger partial charge in [0.2, 0.25) is 1.43 Å². The molecule has 1 heterocycles. The van der Waals surface area contributed by atoms with Crippen LogP contribution in [0, 0.1) is 0 Å². The van der Waals surface area contributed by atoms with Gasteiger partial charge in [-0.3, -0.25) is 4.79 Å². The van der Waals surface area contributed by atoms with Crippen molar-refractivity contribution in [3.05, 3.63) is 35.9 Å². The molecule has 0 radical (unpaired) electrons. The van der Waals surface area contributed by atoms with Crippen molar-refractivity contribution in [1.82, 2.24) is 5.32 Å². The number of aliphatic hydroxyl groups is 1. The number of carbonyl (C=O) groups is 1. The Labute approximate surface area is 95.7 Å². The molecule has 2 rings (SSSR count). The zero-order valence-electron chi connectivity index (χ0n) is 9.89. The summed E-state index contributed by atoms with van der Waals surface area (Å²) in [4.78, 5) is 11.7. The number of ether oxygens (including phenoxy) is 1. The molecule has 1 aromatic carbocycles. The first-order valence-electron chi connectivity index (χ1n) is 5.76. The van der Waals surface area contributed by atoms with E-state index in [-0.39, 0.29) is 24.7 Å². The first-order chi connectivity index (χ1) is 8.29. The van der Waals surface area contributed by atoms with Crippen LogP contribution in [0.2, 0.25) is 0 Å². The van der Waals surface area contributed by atoms with Gasteiger partial charge in [-0.25, -0.2) is 0 Å². The summed E-state index contributed by atoms with van der Waals surface area (Å²) in [5.41, 5.74) is 0.965. The van der Waals surface area contributed by atoms with E-state index in [1.165, 1.54) is 0 Å². The summed E-state index contributed by atoms with van der Waals surface area (Å²) in [6, 6.07) is 9.19. The minimum Gasteiger partial charge on any atom is -0.460 e. The maximum Gasteiger partial charge on any atom is 0.323 e. The SMILES string of the molecule is [2H]O[C@H]1CN[C@H](C(=O)OCc2ccccc2)C1. The number of hydrogen-bond donors (Lipinski definition) is 2. The molecule has 1 aliphatic heterocycles. The topological polar surface area (TPSA) is 58.6 Å². The summed E-state index contributed by atoms with van der Waals surface area (Å²) in [5, 5.41) is 7.41. The Hall–Kier alpha value is -1.39. The van der Waals surface area contributed by atoms with Gasteiger partial charge in [0.15, 0.2) is 0 Å². The zero-order valence-corrected chi connectivity index (χ0v) is 8.89. The second-order valence-corrected chi connectivity index (χ2v) is 3.91. The molecule has 86 valence electrons. The summed E-state index contributed by atoms with van der Waals surface area (Å²) >= 11 is 0. The van der Waals surface area contributed by atoms with E-state index in [4.69, 9.17) is 6.17 Å². The van der Waals surface area contributed by atoms with Gasteiger partial charge in [-0.2, -0.15) is 0 Å². The van der Waals surface area contributed by atoms with E-state index in [0.717, 1.165) is 5.56 Å². The maximum atomic E-state index is 11.7. The molecule has 4 heteroatoms. The number of carbonyl (C=O) groups excluding carboxylic acids is 1. The molecule has 1 fully saturated rings. The smallest absolute Gasteiger partial charge is 0.323 e. The van der Waals surface area contributed by atoms with E-state index >= 15 is 0 Å². The molecule has 16 heavy (non-hydrogen) atoms. The standard InChI is InChI=1S/C12H15NO3/c14-10-6-11(13-7-10)12(15)16-8-9-4-2-1-3-5-9/h1-5,10-11,13-14H,6-8H2/t10-,11+/m1/s1/i14D. The molecule has 1 aliphatic rings. The summed E-state index contributed by atoms with van der Waals surface area (Å²) < 4.78 is 12.0. The van der Waals surface area contributed by atoms with Gasteiger partial charge in [-0.15, -0.1) is 0 Å². The van der Waals surface area contributed by atoms with Crippen molar-refractivity contribution in [3.8, 4) is 0 Å². The van der Waals surface area contributed by atoms with Gasteiger partial charge in [0.25, 0.3) is 0 Å². The Balaban J connectivity index is 1.78. The van der Waals surface area contributed by atoms with Crippen molar-refractivity contribution in [2.75, 3.05) is 6.54 Å². The van der Waals surface area contributed by atoms with Gasteiger partial charge in [-0.1, -0.05) is 30.3 Å². The van der Waals surface area contributed by atoms with Crippen LogP contribution in [0.25, 0.3) is 0 Å². The lowest BCUT2D eigenvalue weighted by atomic mass is 10.2. The third kappa shape index (κ3) is 2.81. The van der Waals surface area contributed by atoms with Gasteiger partial charge in [0.1, 0.15) is 12.6 Å². The fraction of sp³-hybridized carbons (Fsp3) is 0.417. The normalized spacial score (nSPS) is 25.1. The van der Waals surface area contributed by atoms with E-state index in [0.29, 0.717) is 13.0 Å². The summed E-state index contributed by atoms with van der Waals surface area (Å²) in [6.07, 6.45) is 0.279. The summed E-state index contributed by atoms with van der Waals surface area (Å²) in [5.74, 6) is -0.284. The molecular formula is C12H15NO3. The minimum absolute atomic E-state index is 0.218. The lowest BCUT2D eigenvalue weighted by Gasteiger charge is -2.10. The predicted octanol–water partition coefficient (Wildman–Crippen LogP) is 0.453. The average molecular weight is 222 g/mol. The van der Waals surface area contributed by atoms with Crippen molar-refractivity contribution in [2.24, 2.45) is 0 Å². The van der Waals surface area contributed by atoms with Gasteiger partial charge >= 0.3 is 5.97 Å². The van der Waals surface area contributed by atoms with Gasteiger partial charge < -0.3 is 15.2 Å². The molecule has 2 atom stereocenters. The molecule has 0 unspecified atom stereocenters. The van der Waals surface area contributed by atoms with Crippen LogP contribution >= 0.6 is 0 Å². The number of aliphatic hydroxyl groups excluding tert-OH is 1. The molecule has 0 amide bonds. The Kier molecular flexibility index (Phi) is 3.12. The van der Waals surface area contributed by atoms with Crippen LogP contribution in [0.1, 0.15) is 12.0 Å². The summed E-state index contributed by atoms with van der Waals surface area (Å²) in [7, 11) is 0. The lowest BCUT2D eigenvalue weighted by molar-refractivity contribution is -0.147. The fourth-order valence-electron chi connectivity index (χ4n) is 1.71. The molecule has 0 spiro atoms. The fourth-order valence-corrected chi connectivity index (χ4v) is 1.71. The minimum atomic E-state index is -0.353. The molecule has 0 aromatic heterocycles. The Morgan fingerprint density at radius 3 is 3.06 bits per heavy atom. The highest BCUT2D eigenvalue weighted by molar-refractivity contribution is 5.76. The quantitative estimate of drug-likeness (QED) is 0.726. The molecule has 0 saturated carbocycles. The highest BCUT2D eigenvalue weighted by Gasteiger charge is 2.29. The Morgan fingerprint density at radius 2 is 2.38 bits per heavy atom. The van der Waals surface area contributed by atoms with Crippen LogP contribution < -0.4 is 5.32 Å². The number of esters is 1. The van der Waals surface area contributed by atoms with Crippen LogP contribution in [0.3, 0.4) is 0 Å². The molecule has 2 N–H and O–H groups in total. The highest BCUT2D eigenvalue weighted by Crippen LogP contribution is 2.09. The van der Waals surface area contributed by atoms with Crippen LogP contribution in [-0.4, -0.2) is 31.2 Å². The number of nitrogens with one attached hydrogen (secondary N) is 1. The number of β-amino-alcohol motifs (C(OH)–C–C–N with tert-alkyl or cyclic N) is 1. The van der Waals surface area contributed by atoms with Gasteiger partial charge in [0, 0.05) is 13.0 Å². The van der Waals surface area contributed by atoms with Crippen molar-refractivity contribution >= 4 is 5.97 Å². The summed E-state index contributed by atoms with van der Waals surface area (Å²) in [6.45, 7) is 0.804. The van der Waals surface area contributed by atoms with Gasteiger partial charge in [0.05, 0.1) is 6.10 Å². The third-order valence-electron chi connectivity index (χ3n) is 2.60. The van der Waals surface area contributed by atoms with Crippen LogP contribution in [0.15, 0.2) is 30.3 Å². The maximum absolute atomic E-state index is 11.7. The van der Waals surface area contributed by atoms with E-state index < -0.39 is 0 Å². The first kappa shape index (κ1) is 9.81. The zero-order chi connectivity index (χ0) is 12.1. The van der Waals surface area contributed by atoms with Crippen LogP contribution in [-0.2, 0) is 16.1 Å². The van der Waals surface area contributed by atoms with Gasteiger partial charge in [-0.05, 0) is 5.56 Å². The predicted molar refractivity (Wildman–Crippen MR) is 58.7 cm³/mol.